The van der Waals surface area contributed by atoms with Gasteiger partial charge in [0, 0.05) is 23.3 Å². The second-order valence-corrected chi connectivity index (χ2v) is 10.6. The van der Waals surface area contributed by atoms with E-state index in [-0.39, 0.29) is 29.4 Å². The first-order chi connectivity index (χ1) is 18.3. The molecule has 4 heterocycles. The number of hydrogen-bond acceptors (Lipinski definition) is 10. The molecule has 2 atom stereocenters. The van der Waals surface area contributed by atoms with Crippen LogP contribution in [0.15, 0.2) is 24.4 Å². The van der Waals surface area contributed by atoms with Crippen molar-refractivity contribution in [2.24, 2.45) is 5.84 Å². The monoisotopic (exact) mass is 529 g/mol. The third-order valence-corrected chi connectivity index (χ3v) is 7.52. The fourth-order valence-electron chi connectivity index (χ4n) is 5.71. The molecule has 0 spiro atoms. The molecule has 0 aliphatic carbocycles. The third-order valence-electron chi connectivity index (χ3n) is 7.52. The van der Waals surface area contributed by atoms with E-state index in [9.17, 15) is 9.18 Å². The van der Waals surface area contributed by atoms with E-state index < -0.39 is 11.8 Å². The van der Waals surface area contributed by atoms with E-state index in [2.05, 4.69) is 50.2 Å². The summed E-state index contributed by atoms with van der Waals surface area (Å²) in [6.45, 7) is 6.52. The molecular formula is C25H36FN9O3. The number of anilines is 4. The predicted molar refractivity (Wildman–Crippen MR) is 142 cm³/mol. The summed E-state index contributed by atoms with van der Waals surface area (Å²) in [6, 6.07) is 5.15. The van der Waals surface area contributed by atoms with E-state index in [0.29, 0.717) is 36.4 Å². The number of carbonyl (C=O) groups is 1. The van der Waals surface area contributed by atoms with Crippen molar-refractivity contribution in [1.29, 1.82) is 0 Å². The number of piperidine rings is 1. The fourth-order valence-corrected chi connectivity index (χ4v) is 5.71. The van der Waals surface area contributed by atoms with Crippen LogP contribution in [0, 0.1) is 5.82 Å². The van der Waals surface area contributed by atoms with Gasteiger partial charge in [-0.15, -0.1) is 0 Å². The molecule has 3 saturated heterocycles. The number of nitrogens with zero attached hydrogens (tertiary/aromatic N) is 4. The molecule has 3 aliphatic rings. The maximum absolute atomic E-state index is 14.7. The molecule has 13 heteroatoms. The summed E-state index contributed by atoms with van der Waals surface area (Å²) in [5.74, 6) is 5.96. The largest absolute Gasteiger partial charge is 0.495 e. The van der Waals surface area contributed by atoms with Gasteiger partial charge >= 0.3 is 6.03 Å². The smallest absolute Gasteiger partial charge is 0.338 e. The molecule has 0 bridgehead atoms. The Hall–Kier alpha value is -3.26. The van der Waals surface area contributed by atoms with Crippen molar-refractivity contribution in [3.63, 3.8) is 0 Å². The van der Waals surface area contributed by atoms with Gasteiger partial charge in [-0.3, -0.25) is 10.7 Å². The molecule has 2 aromatic rings. The van der Waals surface area contributed by atoms with Crippen LogP contribution in [0.4, 0.5) is 32.3 Å². The number of aromatic nitrogens is 2. The Bertz CT molecular complexity index is 1160. The molecule has 0 unspecified atom stereocenters. The number of urea groups is 1. The second kappa shape index (κ2) is 10.8. The summed E-state index contributed by atoms with van der Waals surface area (Å²) < 4.78 is 25.3. The average Bonchev–Trinajstić information content (AvgIpc) is 3.34. The third kappa shape index (κ3) is 5.46. The van der Waals surface area contributed by atoms with E-state index in [0.717, 1.165) is 30.6 Å². The first kappa shape index (κ1) is 26.4. The Morgan fingerprint density at radius 1 is 1.32 bits per heavy atom. The molecule has 1 aromatic carbocycles. The van der Waals surface area contributed by atoms with Crippen LogP contribution in [0.1, 0.15) is 39.5 Å². The number of hydrogen-bond donors (Lipinski definition) is 5. The molecule has 0 saturated carbocycles. The predicted octanol–water partition coefficient (Wildman–Crippen LogP) is 2.48. The van der Waals surface area contributed by atoms with Crippen LogP contribution in [0.25, 0.3) is 0 Å². The number of carbonyl (C=O) groups excluding carboxylic acids is 1. The number of hydrazine groups is 2. The van der Waals surface area contributed by atoms with Crippen LogP contribution in [0.3, 0.4) is 0 Å². The van der Waals surface area contributed by atoms with Crippen LogP contribution in [-0.4, -0.2) is 71.4 Å². The number of methoxy groups -OCH3 is 1. The van der Waals surface area contributed by atoms with Crippen molar-refractivity contribution in [3.8, 4) is 5.75 Å². The summed E-state index contributed by atoms with van der Waals surface area (Å²) in [7, 11) is 1.50. The van der Waals surface area contributed by atoms with E-state index in [1.54, 1.807) is 18.2 Å². The molecule has 38 heavy (non-hydrogen) atoms. The molecule has 206 valence electrons. The van der Waals surface area contributed by atoms with E-state index in [1.165, 1.54) is 20.0 Å². The van der Waals surface area contributed by atoms with Crippen molar-refractivity contribution in [2.75, 3.05) is 42.5 Å². The number of ether oxygens (including phenoxy) is 2. The molecular weight excluding hydrogens is 493 g/mol. The van der Waals surface area contributed by atoms with Gasteiger partial charge in [-0.1, -0.05) is 0 Å². The van der Waals surface area contributed by atoms with Gasteiger partial charge in [0.25, 0.3) is 0 Å². The van der Waals surface area contributed by atoms with E-state index >= 15 is 0 Å². The van der Waals surface area contributed by atoms with E-state index in [1.807, 2.05) is 0 Å². The van der Waals surface area contributed by atoms with Gasteiger partial charge < -0.3 is 25.4 Å². The molecule has 6 N–H and O–H groups in total. The molecule has 1 aromatic heterocycles. The van der Waals surface area contributed by atoms with Gasteiger partial charge in [0.1, 0.15) is 11.4 Å². The minimum absolute atomic E-state index is 0.0437. The topological polar surface area (TPSA) is 142 Å². The van der Waals surface area contributed by atoms with Gasteiger partial charge in [0.05, 0.1) is 32.6 Å². The molecule has 12 nitrogen and oxygen atoms in total. The lowest BCUT2D eigenvalue weighted by Gasteiger charge is -2.47. The molecule has 2 amide bonds. The Labute approximate surface area is 221 Å². The van der Waals surface area contributed by atoms with Crippen LogP contribution in [0.2, 0.25) is 0 Å². The summed E-state index contributed by atoms with van der Waals surface area (Å²) in [6.07, 6.45) is 5.37. The van der Waals surface area contributed by atoms with Crippen molar-refractivity contribution < 1.29 is 18.7 Å². The zero-order valence-electron chi connectivity index (χ0n) is 22.0. The lowest BCUT2D eigenvalue weighted by atomic mass is 9.84. The van der Waals surface area contributed by atoms with Gasteiger partial charge in [0.15, 0.2) is 11.6 Å². The molecule has 0 radical (unpaired) electrons. The van der Waals surface area contributed by atoms with Crippen molar-refractivity contribution >= 4 is 29.2 Å². The zero-order chi connectivity index (χ0) is 26.9. The number of fused-ring (bicyclic) bond motifs is 1. The number of nitrogens with one attached hydrogen (secondary N) is 4. The zero-order valence-corrected chi connectivity index (χ0v) is 22.0. The maximum atomic E-state index is 14.7. The van der Waals surface area contributed by atoms with Gasteiger partial charge in [0.2, 0.25) is 5.95 Å². The minimum Gasteiger partial charge on any atom is -0.495 e. The Balaban J connectivity index is 1.32. The highest BCUT2D eigenvalue weighted by molar-refractivity contribution is 5.93. The lowest BCUT2D eigenvalue weighted by Crippen LogP contribution is -2.58. The van der Waals surface area contributed by atoms with Crippen molar-refractivity contribution in [1.82, 2.24) is 25.7 Å². The molecule has 3 fully saturated rings. The average molecular weight is 530 g/mol. The number of rotatable bonds is 8. The number of amides is 2. The summed E-state index contributed by atoms with van der Waals surface area (Å²) in [5.41, 5.74) is 3.36. The summed E-state index contributed by atoms with van der Waals surface area (Å²) in [5, 5.41) is 10.4. The Morgan fingerprint density at radius 2 is 2.13 bits per heavy atom. The van der Waals surface area contributed by atoms with Crippen molar-refractivity contribution in [3.05, 3.63) is 30.2 Å². The van der Waals surface area contributed by atoms with Crippen LogP contribution in [0.5, 0.6) is 5.75 Å². The quantitative estimate of drug-likeness (QED) is 0.256. The highest BCUT2D eigenvalue weighted by Gasteiger charge is 2.43. The van der Waals surface area contributed by atoms with E-state index in [4.69, 9.17) is 15.3 Å². The highest BCUT2D eigenvalue weighted by atomic mass is 19.1. The Kier molecular flexibility index (Phi) is 7.52. The summed E-state index contributed by atoms with van der Waals surface area (Å²) in [4.78, 5) is 23.9. The van der Waals surface area contributed by atoms with Crippen LogP contribution < -0.4 is 37.1 Å². The lowest BCUT2D eigenvalue weighted by molar-refractivity contribution is 0.000258. The number of nitrogens with two attached hydrogens (primary N) is 1. The molecule has 5 rings (SSSR count). The van der Waals surface area contributed by atoms with Gasteiger partial charge in [-0.2, -0.15) is 10.5 Å². The first-order valence-electron chi connectivity index (χ1n) is 12.9. The minimum atomic E-state index is -0.507. The molecule has 3 aliphatic heterocycles. The van der Waals surface area contributed by atoms with Gasteiger partial charge in [-0.25, -0.2) is 19.2 Å². The SMILES string of the molecule is COc1ccc(Nc2ncc(F)c(N[C@@H]3C[C@@H]4CCCN4C(C)(C)C3)n2)cc1N(NN)C(=O)NC1COC1. The Morgan fingerprint density at radius 3 is 2.84 bits per heavy atom. The number of halogens is 1. The maximum Gasteiger partial charge on any atom is 0.338 e. The highest BCUT2D eigenvalue weighted by Crippen LogP contribution is 2.39. The summed E-state index contributed by atoms with van der Waals surface area (Å²) >= 11 is 0. The second-order valence-electron chi connectivity index (χ2n) is 10.6. The first-order valence-corrected chi connectivity index (χ1v) is 12.9. The number of benzene rings is 1. The van der Waals surface area contributed by atoms with Crippen LogP contribution >= 0.6 is 0 Å². The standard InChI is InChI=1S/C25H36FN9O3/c1-25(2)11-16(9-18-5-4-8-34(18)25)29-22-19(26)12-28-23(32-22)30-15-6-7-21(37-3)20(10-15)35(33-27)24(36)31-17-13-38-14-17/h6-7,10,12,16-18,33H,4-5,8-9,11,13-14,27H2,1-3H3,(H,31,36)(H2,28,29,30,32)/t16-,18+/m1/s1. The van der Waals surface area contributed by atoms with Crippen LogP contribution in [-0.2, 0) is 4.74 Å². The normalized spacial score (nSPS) is 22.8. The van der Waals surface area contributed by atoms with Gasteiger partial charge in [-0.05, 0) is 64.3 Å². The fraction of sp³-hybridized carbons (Fsp3) is 0.560. The van der Waals surface area contributed by atoms with Crippen molar-refractivity contribution in [2.45, 2.75) is 63.2 Å².